The van der Waals surface area contributed by atoms with Gasteiger partial charge in [-0.1, -0.05) is 12.1 Å². The zero-order chi connectivity index (χ0) is 12.7. The zero-order valence-electron chi connectivity index (χ0n) is 10.9. The first-order valence-corrected chi connectivity index (χ1v) is 6.83. The van der Waals surface area contributed by atoms with Gasteiger partial charge in [0.15, 0.2) is 0 Å². The molecule has 0 heterocycles. The quantitative estimate of drug-likeness (QED) is 0.827. The summed E-state index contributed by atoms with van der Waals surface area (Å²) in [6, 6.07) is 6.20. The van der Waals surface area contributed by atoms with E-state index in [-0.39, 0.29) is 5.91 Å². The number of amides is 1. The van der Waals surface area contributed by atoms with Crippen molar-refractivity contribution in [1.29, 1.82) is 0 Å². The molecule has 0 aromatic heterocycles. The highest BCUT2D eigenvalue weighted by Crippen LogP contribution is 2.36. The van der Waals surface area contributed by atoms with E-state index in [1.165, 1.54) is 12.8 Å². The Hall–Kier alpha value is -1.51. The van der Waals surface area contributed by atoms with E-state index >= 15 is 0 Å². The molecule has 2 fully saturated rings. The summed E-state index contributed by atoms with van der Waals surface area (Å²) < 4.78 is 0. The van der Waals surface area contributed by atoms with E-state index < -0.39 is 0 Å². The maximum absolute atomic E-state index is 12.6. The Morgan fingerprint density at radius 2 is 2.06 bits per heavy atom. The van der Waals surface area contributed by atoms with Crippen LogP contribution in [0.3, 0.4) is 0 Å². The number of hydrogen-bond donors (Lipinski definition) is 1. The number of para-hydroxylation sites is 1. The van der Waals surface area contributed by atoms with Crippen LogP contribution in [0, 0.1) is 12.8 Å². The van der Waals surface area contributed by atoms with E-state index in [0.29, 0.717) is 17.3 Å². The van der Waals surface area contributed by atoms with Gasteiger partial charge in [0.05, 0.1) is 5.56 Å². The Kier molecular flexibility index (Phi) is 2.77. The number of carbonyl (C=O) groups is 1. The molecule has 3 rings (SSSR count). The maximum Gasteiger partial charge on any atom is 0.256 e. The summed E-state index contributed by atoms with van der Waals surface area (Å²) in [6.45, 7) is 2.88. The Labute approximate surface area is 108 Å². The van der Waals surface area contributed by atoms with Crippen LogP contribution < -0.4 is 5.73 Å². The lowest BCUT2D eigenvalue weighted by Gasteiger charge is -2.23. The van der Waals surface area contributed by atoms with E-state index in [9.17, 15) is 4.79 Å². The molecule has 3 heteroatoms. The average Bonchev–Trinajstić information content (AvgIpc) is 3.22. The smallest absolute Gasteiger partial charge is 0.256 e. The number of benzene rings is 1. The molecule has 0 bridgehead atoms. The zero-order valence-corrected chi connectivity index (χ0v) is 10.9. The van der Waals surface area contributed by atoms with Crippen molar-refractivity contribution in [1.82, 2.24) is 4.90 Å². The number of hydrogen-bond acceptors (Lipinski definition) is 2. The molecule has 1 aromatic rings. The van der Waals surface area contributed by atoms with E-state index in [4.69, 9.17) is 5.73 Å². The lowest BCUT2D eigenvalue weighted by molar-refractivity contribution is 0.0736. The van der Waals surface area contributed by atoms with Crippen molar-refractivity contribution >= 4 is 11.6 Å². The van der Waals surface area contributed by atoms with Crippen LogP contribution in [0.5, 0.6) is 0 Å². The van der Waals surface area contributed by atoms with Crippen molar-refractivity contribution in [3.8, 4) is 0 Å². The van der Waals surface area contributed by atoms with Gasteiger partial charge < -0.3 is 10.6 Å². The molecule has 0 atom stereocenters. The second-order valence-electron chi connectivity index (χ2n) is 5.67. The molecule has 2 N–H and O–H groups in total. The lowest BCUT2D eigenvalue weighted by atomic mass is 10.1. The van der Waals surface area contributed by atoms with Gasteiger partial charge in [-0.05, 0) is 50.2 Å². The van der Waals surface area contributed by atoms with Gasteiger partial charge in [-0.15, -0.1) is 0 Å². The predicted molar refractivity (Wildman–Crippen MR) is 72.4 cm³/mol. The normalized spacial score (nSPS) is 18.7. The topological polar surface area (TPSA) is 46.3 Å². The first-order chi connectivity index (χ1) is 8.66. The molecule has 2 aliphatic carbocycles. The molecule has 2 aliphatic rings. The van der Waals surface area contributed by atoms with Crippen molar-refractivity contribution < 1.29 is 4.79 Å². The van der Waals surface area contributed by atoms with Gasteiger partial charge in [-0.2, -0.15) is 0 Å². The molecule has 1 aromatic carbocycles. The van der Waals surface area contributed by atoms with Gasteiger partial charge in [0.1, 0.15) is 0 Å². The monoisotopic (exact) mass is 244 g/mol. The third kappa shape index (κ3) is 2.22. The Morgan fingerprint density at radius 1 is 1.33 bits per heavy atom. The van der Waals surface area contributed by atoms with E-state index in [2.05, 4.69) is 4.90 Å². The third-order valence-corrected chi connectivity index (χ3v) is 3.95. The van der Waals surface area contributed by atoms with Crippen molar-refractivity contribution in [2.75, 3.05) is 12.3 Å². The van der Waals surface area contributed by atoms with Gasteiger partial charge in [-0.25, -0.2) is 0 Å². The number of nitrogens with zero attached hydrogens (tertiary/aromatic N) is 1. The second kappa shape index (κ2) is 4.30. The molecular formula is C15H20N2O. The molecule has 0 unspecified atom stereocenters. The molecule has 3 nitrogen and oxygen atoms in total. The fraction of sp³-hybridized carbons (Fsp3) is 0.533. The van der Waals surface area contributed by atoms with Crippen LogP contribution in [0.4, 0.5) is 5.69 Å². The summed E-state index contributed by atoms with van der Waals surface area (Å²) in [6.07, 6.45) is 4.87. The molecule has 1 amide bonds. The minimum absolute atomic E-state index is 0.130. The van der Waals surface area contributed by atoms with Gasteiger partial charge in [0, 0.05) is 18.3 Å². The maximum atomic E-state index is 12.6. The molecule has 0 saturated heterocycles. The number of anilines is 1. The van der Waals surface area contributed by atoms with Crippen molar-refractivity contribution in [3.05, 3.63) is 29.3 Å². The molecular weight excluding hydrogens is 224 g/mol. The fourth-order valence-electron chi connectivity index (χ4n) is 2.38. The van der Waals surface area contributed by atoms with Crippen molar-refractivity contribution in [3.63, 3.8) is 0 Å². The van der Waals surface area contributed by atoms with Crippen LogP contribution in [-0.4, -0.2) is 23.4 Å². The van der Waals surface area contributed by atoms with E-state index in [1.54, 1.807) is 0 Å². The first-order valence-electron chi connectivity index (χ1n) is 6.83. The molecule has 0 aliphatic heterocycles. The summed E-state index contributed by atoms with van der Waals surface area (Å²) in [5, 5.41) is 0. The summed E-state index contributed by atoms with van der Waals surface area (Å²) in [5.41, 5.74) is 8.36. The standard InChI is InChI=1S/C15H20N2O/c1-10-3-2-4-13(14(10)16)15(18)17(12-7-8-12)9-11-5-6-11/h2-4,11-12H,5-9,16H2,1H3. The number of nitrogens with two attached hydrogens (primary N) is 1. The first kappa shape index (κ1) is 11.6. The van der Waals surface area contributed by atoms with Gasteiger partial charge in [0.25, 0.3) is 5.91 Å². The van der Waals surface area contributed by atoms with Crippen LogP contribution in [0.15, 0.2) is 18.2 Å². The minimum atomic E-state index is 0.130. The number of rotatable bonds is 4. The van der Waals surface area contributed by atoms with Crippen LogP contribution in [0.1, 0.15) is 41.6 Å². The molecule has 2 saturated carbocycles. The second-order valence-corrected chi connectivity index (χ2v) is 5.67. The van der Waals surface area contributed by atoms with Crippen molar-refractivity contribution in [2.45, 2.75) is 38.6 Å². The Balaban J connectivity index is 1.84. The van der Waals surface area contributed by atoms with Crippen molar-refractivity contribution in [2.24, 2.45) is 5.92 Å². The summed E-state index contributed by atoms with van der Waals surface area (Å²) in [7, 11) is 0. The number of nitrogen functional groups attached to an aromatic ring is 1. The van der Waals surface area contributed by atoms with Crippen LogP contribution in [-0.2, 0) is 0 Å². The summed E-state index contributed by atoms with van der Waals surface area (Å²) in [5.74, 6) is 0.867. The third-order valence-electron chi connectivity index (χ3n) is 3.95. The average molecular weight is 244 g/mol. The SMILES string of the molecule is Cc1cccc(C(=O)N(CC2CC2)C2CC2)c1N. The number of aryl methyl sites for hydroxylation is 1. The van der Waals surface area contributed by atoms with Crippen LogP contribution in [0.25, 0.3) is 0 Å². The van der Waals surface area contributed by atoms with Crippen LogP contribution in [0.2, 0.25) is 0 Å². The highest BCUT2D eigenvalue weighted by atomic mass is 16.2. The minimum Gasteiger partial charge on any atom is -0.398 e. The van der Waals surface area contributed by atoms with E-state index in [1.807, 2.05) is 25.1 Å². The van der Waals surface area contributed by atoms with Gasteiger partial charge in [-0.3, -0.25) is 4.79 Å². The summed E-state index contributed by atoms with van der Waals surface area (Å²) in [4.78, 5) is 14.7. The Bertz CT molecular complexity index is 475. The molecule has 96 valence electrons. The summed E-state index contributed by atoms with van der Waals surface area (Å²) >= 11 is 0. The Morgan fingerprint density at radius 3 is 2.67 bits per heavy atom. The van der Waals surface area contributed by atoms with Crippen LogP contribution >= 0.6 is 0 Å². The predicted octanol–water partition coefficient (Wildman–Crippen LogP) is 2.59. The lowest BCUT2D eigenvalue weighted by Crippen LogP contribution is -2.35. The fourth-order valence-corrected chi connectivity index (χ4v) is 2.38. The number of carbonyl (C=O) groups excluding carboxylic acids is 1. The largest absolute Gasteiger partial charge is 0.398 e. The molecule has 0 radical (unpaired) electrons. The highest BCUT2D eigenvalue weighted by molar-refractivity contribution is 6.00. The molecule has 18 heavy (non-hydrogen) atoms. The van der Waals surface area contributed by atoms with E-state index in [0.717, 1.165) is 30.9 Å². The molecule has 0 spiro atoms. The van der Waals surface area contributed by atoms with Gasteiger partial charge in [0.2, 0.25) is 0 Å². The van der Waals surface area contributed by atoms with Gasteiger partial charge >= 0.3 is 0 Å². The highest BCUT2D eigenvalue weighted by Gasteiger charge is 2.37.